The second kappa shape index (κ2) is 8.26. The van der Waals surface area contributed by atoms with Crippen LogP contribution in [0.25, 0.3) is 0 Å². The lowest BCUT2D eigenvalue weighted by atomic mass is 10.2. The molecule has 0 fully saturated rings. The van der Waals surface area contributed by atoms with E-state index in [9.17, 15) is 9.59 Å². The molecule has 15 heavy (non-hydrogen) atoms. The highest BCUT2D eigenvalue weighted by Crippen LogP contribution is 2.03. The summed E-state index contributed by atoms with van der Waals surface area (Å²) in [6.45, 7) is 2.89. The van der Waals surface area contributed by atoms with Crippen LogP contribution in [0.1, 0.15) is 45.4 Å². The quantitative estimate of drug-likeness (QED) is 0.629. The third-order valence-corrected chi connectivity index (χ3v) is 2.30. The number of hydrogen-bond donors (Lipinski definition) is 1. The minimum atomic E-state index is -0.790. The molecule has 0 atom stereocenters. The Morgan fingerprint density at radius 1 is 1.13 bits per heavy atom. The monoisotopic (exact) mass is 215 g/mol. The highest BCUT2D eigenvalue weighted by Gasteiger charge is 2.07. The Morgan fingerprint density at radius 2 is 1.73 bits per heavy atom. The second-order valence-corrected chi connectivity index (χ2v) is 3.77. The molecular weight excluding hydrogens is 194 g/mol. The van der Waals surface area contributed by atoms with Crippen molar-refractivity contribution >= 4 is 11.9 Å². The fourth-order valence-electron chi connectivity index (χ4n) is 1.26. The van der Waals surface area contributed by atoms with Crippen molar-refractivity contribution in [1.29, 1.82) is 0 Å². The molecule has 0 bridgehead atoms. The SMILES string of the molecule is CCCCN(C)C(=O)CCCCC(=O)O. The molecule has 4 nitrogen and oxygen atoms in total. The number of unbranched alkanes of at least 4 members (excludes halogenated alkanes) is 2. The van der Waals surface area contributed by atoms with Crippen LogP contribution in [-0.2, 0) is 9.59 Å². The van der Waals surface area contributed by atoms with Gasteiger partial charge in [0.1, 0.15) is 0 Å². The molecule has 0 aromatic carbocycles. The van der Waals surface area contributed by atoms with Gasteiger partial charge in [0.05, 0.1) is 0 Å². The van der Waals surface area contributed by atoms with E-state index in [1.54, 1.807) is 11.9 Å². The van der Waals surface area contributed by atoms with Crippen LogP contribution in [0.15, 0.2) is 0 Å². The van der Waals surface area contributed by atoms with E-state index in [4.69, 9.17) is 5.11 Å². The van der Waals surface area contributed by atoms with Gasteiger partial charge in [-0.3, -0.25) is 9.59 Å². The summed E-state index contributed by atoms with van der Waals surface area (Å²) in [6, 6.07) is 0. The molecule has 0 saturated heterocycles. The van der Waals surface area contributed by atoms with E-state index in [0.29, 0.717) is 19.3 Å². The maximum absolute atomic E-state index is 11.5. The van der Waals surface area contributed by atoms with Gasteiger partial charge < -0.3 is 10.0 Å². The molecule has 0 spiro atoms. The van der Waals surface area contributed by atoms with Gasteiger partial charge in [-0.15, -0.1) is 0 Å². The lowest BCUT2D eigenvalue weighted by molar-refractivity contribution is -0.137. The summed E-state index contributed by atoms with van der Waals surface area (Å²) in [5.74, 6) is -0.671. The summed E-state index contributed by atoms with van der Waals surface area (Å²) in [6.07, 6.45) is 3.98. The van der Waals surface area contributed by atoms with Gasteiger partial charge >= 0.3 is 5.97 Å². The van der Waals surface area contributed by atoms with E-state index in [2.05, 4.69) is 6.92 Å². The van der Waals surface area contributed by atoms with Crippen molar-refractivity contribution in [2.45, 2.75) is 45.4 Å². The van der Waals surface area contributed by atoms with E-state index in [0.717, 1.165) is 19.4 Å². The third-order valence-electron chi connectivity index (χ3n) is 2.30. The fourth-order valence-corrected chi connectivity index (χ4v) is 1.26. The average Bonchev–Trinajstić information content (AvgIpc) is 2.20. The largest absolute Gasteiger partial charge is 0.481 e. The van der Waals surface area contributed by atoms with Crippen molar-refractivity contribution in [1.82, 2.24) is 4.90 Å². The fraction of sp³-hybridized carbons (Fsp3) is 0.818. The number of rotatable bonds is 8. The standard InChI is InChI=1S/C11H21NO3/c1-3-4-9-12(2)10(13)7-5-6-8-11(14)15/h3-9H2,1-2H3,(H,14,15). The van der Waals surface area contributed by atoms with Crippen LogP contribution in [-0.4, -0.2) is 35.5 Å². The summed E-state index contributed by atoms with van der Waals surface area (Å²) in [5.41, 5.74) is 0. The van der Waals surface area contributed by atoms with Gasteiger partial charge in [0.25, 0.3) is 0 Å². The smallest absolute Gasteiger partial charge is 0.303 e. The lowest BCUT2D eigenvalue weighted by Crippen LogP contribution is -2.27. The van der Waals surface area contributed by atoms with Crippen molar-refractivity contribution in [3.8, 4) is 0 Å². The Kier molecular flexibility index (Phi) is 7.68. The van der Waals surface area contributed by atoms with Gasteiger partial charge in [0, 0.05) is 26.4 Å². The number of carboxylic acid groups (broad SMARTS) is 1. The third kappa shape index (κ3) is 7.97. The van der Waals surface area contributed by atoms with E-state index in [-0.39, 0.29) is 12.3 Å². The molecule has 88 valence electrons. The molecule has 0 saturated carbocycles. The maximum Gasteiger partial charge on any atom is 0.303 e. The zero-order chi connectivity index (χ0) is 11.7. The molecule has 0 aliphatic heterocycles. The van der Waals surface area contributed by atoms with Crippen LogP contribution in [0.3, 0.4) is 0 Å². The van der Waals surface area contributed by atoms with Crippen LogP contribution in [0.4, 0.5) is 0 Å². The van der Waals surface area contributed by atoms with Crippen LogP contribution in [0.5, 0.6) is 0 Å². The number of nitrogens with zero attached hydrogens (tertiary/aromatic N) is 1. The number of hydrogen-bond acceptors (Lipinski definition) is 2. The maximum atomic E-state index is 11.5. The van der Waals surface area contributed by atoms with E-state index in [1.165, 1.54) is 0 Å². The van der Waals surface area contributed by atoms with Crippen molar-refractivity contribution in [3.05, 3.63) is 0 Å². The Hall–Kier alpha value is -1.06. The van der Waals surface area contributed by atoms with Crippen LogP contribution in [0, 0.1) is 0 Å². The van der Waals surface area contributed by atoms with E-state index < -0.39 is 5.97 Å². The molecule has 0 unspecified atom stereocenters. The Labute approximate surface area is 91.3 Å². The van der Waals surface area contributed by atoms with Crippen LogP contribution < -0.4 is 0 Å². The first-order valence-electron chi connectivity index (χ1n) is 5.53. The molecule has 4 heteroatoms. The summed E-state index contributed by atoms with van der Waals surface area (Å²) in [4.78, 5) is 23.4. The molecule has 0 aliphatic rings. The predicted molar refractivity (Wildman–Crippen MR) is 58.6 cm³/mol. The van der Waals surface area contributed by atoms with Gasteiger partial charge in [0.2, 0.25) is 5.91 Å². The van der Waals surface area contributed by atoms with E-state index in [1.807, 2.05) is 0 Å². The van der Waals surface area contributed by atoms with Crippen LogP contribution >= 0.6 is 0 Å². The molecule has 1 amide bonds. The molecule has 0 heterocycles. The molecule has 0 aliphatic carbocycles. The highest BCUT2D eigenvalue weighted by atomic mass is 16.4. The van der Waals surface area contributed by atoms with Gasteiger partial charge in [-0.1, -0.05) is 13.3 Å². The molecule has 0 aromatic heterocycles. The number of carbonyl (C=O) groups excluding carboxylic acids is 1. The summed E-state index contributed by atoms with van der Waals surface area (Å²) >= 11 is 0. The van der Waals surface area contributed by atoms with Gasteiger partial charge in [0.15, 0.2) is 0 Å². The number of amides is 1. The Balaban J connectivity index is 3.51. The van der Waals surface area contributed by atoms with Crippen molar-refractivity contribution in [2.75, 3.05) is 13.6 Å². The average molecular weight is 215 g/mol. The van der Waals surface area contributed by atoms with Gasteiger partial charge in [-0.2, -0.15) is 0 Å². The van der Waals surface area contributed by atoms with Crippen LogP contribution in [0.2, 0.25) is 0 Å². The Bertz CT molecular complexity index is 204. The minimum Gasteiger partial charge on any atom is -0.481 e. The summed E-state index contributed by atoms with van der Waals surface area (Å²) < 4.78 is 0. The molecule has 0 aromatic rings. The molecule has 0 radical (unpaired) electrons. The zero-order valence-corrected chi connectivity index (χ0v) is 9.66. The highest BCUT2D eigenvalue weighted by molar-refractivity contribution is 5.75. The summed E-state index contributed by atoms with van der Waals surface area (Å²) in [5, 5.41) is 8.41. The second-order valence-electron chi connectivity index (χ2n) is 3.77. The Morgan fingerprint density at radius 3 is 2.27 bits per heavy atom. The molecular formula is C11H21NO3. The van der Waals surface area contributed by atoms with E-state index >= 15 is 0 Å². The molecule has 1 N–H and O–H groups in total. The summed E-state index contributed by atoms with van der Waals surface area (Å²) in [7, 11) is 1.80. The first-order chi connectivity index (χ1) is 7.07. The normalized spacial score (nSPS) is 10.0. The number of aliphatic carboxylic acids is 1. The lowest BCUT2D eigenvalue weighted by Gasteiger charge is -2.16. The van der Waals surface area contributed by atoms with Gasteiger partial charge in [-0.25, -0.2) is 0 Å². The van der Waals surface area contributed by atoms with Crippen molar-refractivity contribution in [2.24, 2.45) is 0 Å². The zero-order valence-electron chi connectivity index (χ0n) is 9.66. The number of carboxylic acids is 1. The first-order valence-corrected chi connectivity index (χ1v) is 5.53. The predicted octanol–water partition coefficient (Wildman–Crippen LogP) is 1.89. The number of carbonyl (C=O) groups is 2. The topological polar surface area (TPSA) is 57.6 Å². The van der Waals surface area contributed by atoms with Gasteiger partial charge in [-0.05, 0) is 19.3 Å². The first kappa shape index (κ1) is 13.9. The van der Waals surface area contributed by atoms with Crippen molar-refractivity contribution in [3.63, 3.8) is 0 Å². The van der Waals surface area contributed by atoms with Crippen molar-refractivity contribution < 1.29 is 14.7 Å². The molecule has 0 rings (SSSR count). The minimum absolute atomic E-state index is 0.119.